The van der Waals surface area contributed by atoms with E-state index in [1.807, 2.05) is 31.2 Å². The molecule has 1 aliphatic heterocycles. The van der Waals surface area contributed by atoms with Crippen molar-refractivity contribution < 1.29 is 4.74 Å². The van der Waals surface area contributed by atoms with Crippen molar-refractivity contribution in [1.29, 1.82) is 0 Å². The molecular formula is C20H28ClN3O2. The van der Waals surface area contributed by atoms with Crippen LogP contribution in [0, 0.1) is 5.92 Å². The van der Waals surface area contributed by atoms with E-state index in [0.717, 1.165) is 30.3 Å². The molecule has 26 heavy (non-hydrogen) atoms. The van der Waals surface area contributed by atoms with Gasteiger partial charge >= 0.3 is 0 Å². The number of aromatic nitrogens is 2. The number of ether oxygens (including phenoxy) is 1. The third-order valence-corrected chi connectivity index (χ3v) is 4.73. The van der Waals surface area contributed by atoms with Crippen LogP contribution in [0.3, 0.4) is 0 Å². The molecular weight excluding hydrogens is 350 g/mol. The minimum Gasteiger partial charge on any atom is -0.492 e. The first-order chi connectivity index (χ1) is 12.6. The van der Waals surface area contributed by atoms with E-state index in [9.17, 15) is 4.79 Å². The van der Waals surface area contributed by atoms with Gasteiger partial charge in [0.2, 0.25) is 0 Å². The first-order valence-electron chi connectivity index (χ1n) is 9.21. The molecule has 0 atom stereocenters. The van der Waals surface area contributed by atoms with E-state index in [0.29, 0.717) is 11.6 Å². The Labute approximate surface area is 160 Å². The monoisotopic (exact) mass is 377 g/mol. The number of piperidine rings is 1. The number of nitrogens with zero attached hydrogens (tertiary/aromatic N) is 2. The maximum absolute atomic E-state index is 11.1. The summed E-state index contributed by atoms with van der Waals surface area (Å²) in [6.07, 6.45) is 6.53. The summed E-state index contributed by atoms with van der Waals surface area (Å²) in [5, 5.41) is 0.671. The zero-order valence-corrected chi connectivity index (χ0v) is 16.3. The zero-order chi connectivity index (χ0) is 18.8. The van der Waals surface area contributed by atoms with Crippen molar-refractivity contribution in [3.8, 4) is 5.75 Å². The minimum atomic E-state index is -0.107. The highest BCUT2D eigenvalue weighted by Gasteiger charge is 2.15. The van der Waals surface area contributed by atoms with Gasteiger partial charge in [0.1, 0.15) is 5.75 Å². The molecule has 0 saturated carbocycles. The molecule has 2 heterocycles. The average Bonchev–Trinajstić information content (AvgIpc) is 2.64. The Morgan fingerprint density at radius 3 is 2.65 bits per heavy atom. The van der Waals surface area contributed by atoms with Crippen molar-refractivity contribution in [2.45, 2.75) is 33.1 Å². The van der Waals surface area contributed by atoms with E-state index < -0.39 is 0 Å². The molecule has 1 aromatic heterocycles. The summed E-state index contributed by atoms with van der Waals surface area (Å²) in [5.74, 6) is 1.63. The number of H-pyrrole nitrogens is 1. The molecule has 142 valence electrons. The lowest BCUT2D eigenvalue weighted by molar-refractivity contribution is 0.194. The summed E-state index contributed by atoms with van der Waals surface area (Å²) >= 11 is 5.78. The van der Waals surface area contributed by atoms with Crippen LogP contribution in [-0.2, 0) is 6.42 Å². The molecule has 0 radical (unpaired) electrons. The van der Waals surface area contributed by atoms with Crippen LogP contribution in [0.25, 0.3) is 0 Å². The molecule has 1 saturated heterocycles. The molecule has 0 bridgehead atoms. The molecule has 2 aromatic rings. The van der Waals surface area contributed by atoms with Gasteiger partial charge in [0.25, 0.3) is 5.56 Å². The molecule has 0 unspecified atom stereocenters. The van der Waals surface area contributed by atoms with Gasteiger partial charge < -0.3 is 14.6 Å². The van der Waals surface area contributed by atoms with E-state index >= 15 is 0 Å². The molecule has 6 heteroatoms. The number of benzene rings is 1. The lowest BCUT2D eigenvalue weighted by atomic mass is 9.99. The smallest absolute Gasteiger partial charge is 0.266 e. The van der Waals surface area contributed by atoms with Crippen molar-refractivity contribution in [1.82, 2.24) is 14.9 Å². The predicted octanol–water partition coefficient (Wildman–Crippen LogP) is 3.78. The van der Waals surface area contributed by atoms with E-state index in [-0.39, 0.29) is 5.56 Å². The number of hydrogen-bond acceptors (Lipinski definition) is 4. The number of halogens is 1. The summed E-state index contributed by atoms with van der Waals surface area (Å²) in [4.78, 5) is 20.2. The van der Waals surface area contributed by atoms with E-state index in [1.54, 1.807) is 6.20 Å². The SMILES string of the molecule is CC1CCN(CCc2cncc(=O)[nH]2)CC1.CCOc1ccccc1Cl. The number of likely N-dealkylation sites (tertiary alicyclic amines) is 1. The van der Waals surface area contributed by atoms with E-state index in [4.69, 9.17) is 16.3 Å². The molecule has 0 amide bonds. The number of rotatable bonds is 5. The summed E-state index contributed by atoms with van der Waals surface area (Å²) in [5.41, 5.74) is 0.830. The molecule has 5 nitrogen and oxygen atoms in total. The van der Waals surface area contributed by atoms with Gasteiger partial charge in [-0.25, -0.2) is 0 Å². The molecule has 0 spiro atoms. The first-order valence-corrected chi connectivity index (χ1v) is 9.59. The van der Waals surface area contributed by atoms with Crippen molar-refractivity contribution in [3.63, 3.8) is 0 Å². The fourth-order valence-corrected chi connectivity index (χ4v) is 3.02. The summed E-state index contributed by atoms with van der Waals surface area (Å²) in [6, 6.07) is 7.44. The van der Waals surface area contributed by atoms with Crippen LogP contribution < -0.4 is 10.3 Å². The van der Waals surface area contributed by atoms with E-state index in [2.05, 4.69) is 21.8 Å². The van der Waals surface area contributed by atoms with Crippen molar-refractivity contribution in [3.05, 3.63) is 57.7 Å². The maximum Gasteiger partial charge on any atom is 0.266 e. The van der Waals surface area contributed by atoms with E-state index in [1.165, 1.54) is 32.1 Å². The highest BCUT2D eigenvalue weighted by atomic mass is 35.5. The van der Waals surface area contributed by atoms with Gasteiger partial charge in [-0.15, -0.1) is 0 Å². The van der Waals surface area contributed by atoms with Gasteiger partial charge in [-0.2, -0.15) is 0 Å². The van der Waals surface area contributed by atoms with Crippen LogP contribution in [0.15, 0.2) is 41.5 Å². The fourth-order valence-electron chi connectivity index (χ4n) is 2.83. The predicted molar refractivity (Wildman–Crippen MR) is 106 cm³/mol. The van der Waals surface area contributed by atoms with Crippen molar-refractivity contribution in [2.75, 3.05) is 26.2 Å². The lowest BCUT2D eigenvalue weighted by Gasteiger charge is -2.29. The Balaban J connectivity index is 0.000000209. The number of para-hydroxylation sites is 1. The average molecular weight is 378 g/mol. The van der Waals surface area contributed by atoms with Crippen LogP contribution in [0.4, 0.5) is 0 Å². The van der Waals surface area contributed by atoms with Crippen LogP contribution in [0.2, 0.25) is 5.02 Å². The second-order valence-electron chi connectivity index (χ2n) is 6.56. The fraction of sp³-hybridized carbons (Fsp3) is 0.500. The molecule has 1 aromatic carbocycles. The Morgan fingerprint density at radius 1 is 1.27 bits per heavy atom. The Bertz CT molecular complexity index is 712. The van der Waals surface area contributed by atoms with Crippen LogP contribution in [0.1, 0.15) is 32.4 Å². The first kappa shape index (κ1) is 20.5. The minimum absolute atomic E-state index is 0.107. The summed E-state index contributed by atoms with van der Waals surface area (Å²) < 4.78 is 5.20. The van der Waals surface area contributed by atoms with Crippen LogP contribution >= 0.6 is 11.6 Å². The number of nitrogens with one attached hydrogen (secondary N) is 1. The topological polar surface area (TPSA) is 58.2 Å². The van der Waals surface area contributed by atoms with Gasteiger partial charge in [0.15, 0.2) is 0 Å². The number of aromatic amines is 1. The molecule has 3 rings (SSSR count). The van der Waals surface area contributed by atoms with Crippen LogP contribution in [-0.4, -0.2) is 41.1 Å². The van der Waals surface area contributed by atoms with Gasteiger partial charge in [0, 0.05) is 24.9 Å². The third-order valence-electron chi connectivity index (χ3n) is 4.42. The molecule has 1 aliphatic rings. The lowest BCUT2D eigenvalue weighted by Crippen LogP contribution is -2.34. The summed E-state index contributed by atoms with van der Waals surface area (Å²) in [6.45, 7) is 8.30. The van der Waals surface area contributed by atoms with Gasteiger partial charge in [0.05, 0.1) is 17.8 Å². The van der Waals surface area contributed by atoms with Gasteiger partial charge in [-0.3, -0.25) is 9.78 Å². The largest absolute Gasteiger partial charge is 0.492 e. The van der Waals surface area contributed by atoms with Crippen molar-refractivity contribution in [2.24, 2.45) is 5.92 Å². The Kier molecular flexibility index (Phi) is 8.65. The number of hydrogen-bond donors (Lipinski definition) is 1. The maximum atomic E-state index is 11.1. The second-order valence-corrected chi connectivity index (χ2v) is 6.97. The Morgan fingerprint density at radius 2 is 2.00 bits per heavy atom. The third kappa shape index (κ3) is 7.18. The van der Waals surface area contributed by atoms with Crippen LogP contribution in [0.5, 0.6) is 5.75 Å². The quantitative estimate of drug-likeness (QED) is 0.861. The second kappa shape index (κ2) is 11.0. The summed E-state index contributed by atoms with van der Waals surface area (Å²) in [7, 11) is 0. The van der Waals surface area contributed by atoms with Crippen molar-refractivity contribution >= 4 is 11.6 Å². The molecule has 1 N–H and O–H groups in total. The highest BCUT2D eigenvalue weighted by Crippen LogP contribution is 2.22. The van der Waals surface area contributed by atoms with Gasteiger partial charge in [-0.05, 0) is 50.9 Å². The highest BCUT2D eigenvalue weighted by molar-refractivity contribution is 6.32. The Hall–Kier alpha value is -1.85. The zero-order valence-electron chi connectivity index (χ0n) is 15.6. The molecule has 1 fully saturated rings. The standard InChI is InChI=1S/C12H19N3O.C8H9ClO/c1-10-2-5-15(6-3-10)7-4-11-8-13-9-12(16)14-11;1-2-10-8-6-4-3-5-7(8)9/h8-10H,2-7H2,1H3,(H,14,16);3-6H,2H2,1H3. The molecule has 0 aliphatic carbocycles. The normalized spacial score (nSPS) is 15.2. The van der Waals surface area contributed by atoms with Gasteiger partial charge in [-0.1, -0.05) is 30.7 Å².